The van der Waals surface area contributed by atoms with Gasteiger partial charge in [0, 0.05) is 24.2 Å². The van der Waals surface area contributed by atoms with Gasteiger partial charge in [0.25, 0.3) is 5.91 Å². The molecule has 5 heteroatoms. The van der Waals surface area contributed by atoms with Crippen LogP contribution in [-0.4, -0.2) is 27.1 Å². The summed E-state index contributed by atoms with van der Waals surface area (Å²) in [6.45, 7) is 2.18. The Labute approximate surface area is 139 Å². The lowest BCUT2D eigenvalue weighted by Crippen LogP contribution is -2.35. The number of benzene rings is 1. The predicted octanol–water partition coefficient (Wildman–Crippen LogP) is 3.19. The molecular weight excluding hydrogens is 306 g/mol. The molecular formula is C18H17N3OS. The lowest BCUT2D eigenvalue weighted by molar-refractivity contribution is 0.0736. The maximum absolute atomic E-state index is 12.7. The van der Waals surface area contributed by atoms with E-state index in [2.05, 4.69) is 28.7 Å². The number of hydrogen-bond acceptors (Lipinski definition) is 3. The monoisotopic (exact) mass is 323 g/mol. The van der Waals surface area contributed by atoms with Gasteiger partial charge in [0.1, 0.15) is 0 Å². The standard InChI is InChI=1S/C18H17N3OS/c22-18(20-8-6-17-15(12-20)7-9-23-17)16-10-19-21(13-16)11-14-4-2-1-3-5-14/h1-5,7,9-10,13H,6,8,11-12H2. The molecule has 0 spiro atoms. The van der Waals surface area contributed by atoms with Crippen molar-refractivity contribution in [3.8, 4) is 0 Å². The molecule has 3 heterocycles. The minimum absolute atomic E-state index is 0.0705. The number of amides is 1. The molecule has 4 nitrogen and oxygen atoms in total. The Morgan fingerprint density at radius 3 is 2.96 bits per heavy atom. The molecule has 1 aromatic carbocycles. The molecule has 0 radical (unpaired) electrons. The number of carbonyl (C=O) groups is 1. The van der Waals surface area contributed by atoms with Crippen molar-refractivity contribution in [3.05, 3.63) is 75.7 Å². The second kappa shape index (κ2) is 6.01. The number of hydrogen-bond donors (Lipinski definition) is 0. The average molecular weight is 323 g/mol. The van der Waals surface area contributed by atoms with E-state index in [1.54, 1.807) is 17.5 Å². The third-order valence-corrected chi connectivity index (χ3v) is 5.19. The van der Waals surface area contributed by atoms with Gasteiger partial charge in [0.15, 0.2) is 0 Å². The van der Waals surface area contributed by atoms with Crippen molar-refractivity contribution in [2.24, 2.45) is 0 Å². The fourth-order valence-corrected chi connectivity index (χ4v) is 3.83. The van der Waals surface area contributed by atoms with Gasteiger partial charge in [-0.1, -0.05) is 30.3 Å². The van der Waals surface area contributed by atoms with Gasteiger partial charge in [-0.05, 0) is 29.0 Å². The number of fused-ring (bicyclic) bond motifs is 1. The van der Waals surface area contributed by atoms with Crippen molar-refractivity contribution in [3.63, 3.8) is 0 Å². The van der Waals surface area contributed by atoms with E-state index < -0.39 is 0 Å². The van der Waals surface area contributed by atoms with Crippen molar-refractivity contribution >= 4 is 17.2 Å². The van der Waals surface area contributed by atoms with Crippen LogP contribution in [0.25, 0.3) is 0 Å². The molecule has 0 aliphatic carbocycles. The van der Waals surface area contributed by atoms with E-state index in [0.717, 1.165) is 13.0 Å². The highest BCUT2D eigenvalue weighted by molar-refractivity contribution is 7.10. The number of nitrogens with zero attached hydrogens (tertiary/aromatic N) is 3. The number of rotatable bonds is 3. The van der Waals surface area contributed by atoms with Gasteiger partial charge in [0.2, 0.25) is 0 Å². The Morgan fingerprint density at radius 1 is 1.22 bits per heavy atom. The van der Waals surface area contributed by atoms with Gasteiger partial charge < -0.3 is 4.90 Å². The Balaban J connectivity index is 1.47. The second-order valence-electron chi connectivity index (χ2n) is 5.76. The van der Waals surface area contributed by atoms with Crippen molar-refractivity contribution in [2.75, 3.05) is 6.54 Å². The van der Waals surface area contributed by atoms with Crippen LogP contribution in [0.3, 0.4) is 0 Å². The molecule has 2 aromatic heterocycles. The maximum atomic E-state index is 12.7. The topological polar surface area (TPSA) is 38.1 Å². The summed E-state index contributed by atoms with van der Waals surface area (Å²) < 4.78 is 1.82. The van der Waals surface area contributed by atoms with Gasteiger partial charge in [0.05, 0.1) is 18.3 Å². The average Bonchev–Trinajstić information content (AvgIpc) is 3.23. The summed E-state index contributed by atoms with van der Waals surface area (Å²) in [5.74, 6) is 0.0705. The Morgan fingerprint density at radius 2 is 2.09 bits per heavy atom. The van der Waals surface area contributed by atoms with E-state index in [1.807, 2.05) is 34.0 Å². The third-order valence-electron chi connectivity index (χ3n) is 4.16. The fourth-order valence-electron chi connectivity index (χ4n) is 2.94. The Kier molecular flexibility index (Phi) is 3.71. The second-order valence-corrected chi connectivity index (χ2v) is 6.76. The van der Waals surface area contributed by atoms with E-state index in [9.17, 15) is 4.79 Å². The van der Waals surface area contributed by atoms with Crippen molar-refractivity contribution in [1.82, 2.24) is 14.7 Å². The highest BCUT2D eigenvalue weighted by Crippen LogP contribution is 2.25. The highest BCUT2D eigenvalue weighted by Gasteiger charge is 2.23. The van der Waals surface area contributed by atoms with Crippen LogP contribution in [0, 0.1) is 0 Å². The Bertz CT molecular complexity index is 822. The summed E-state index contributed by atoms with van der Waals surface area (Å²) in [7, 11) is 0. The highest BCUT2D eigenvalue weighted by atomic mass is 32.1. The molecule has 0 fully saturated rings. The first-order chi connectivity index (χ1) is 11.3. The molecule has 1 amide bonds. The zero-order chi connectivity index (χ0) is 15.6. The molecule has 0 atom stereocenters. The van der Waals surface area contributed by atoms with Crippen LogP contribution in [-0.2, 0) is 19.5 Å². The number of carbonyl (C=O) groups excluding carboxylic acids is 1. The lowest BCUT2D eigenvalue weighted by atomic mass is 10.1. The zero-order valence-corrected chi connectivity index (χ0v) is 13.5. The summed E-state index contributed by atoms with van der Waals surface area (Å²) >= 11 is 1.79. The fraction of sp³-hybridized carbons (Fsp3) is 0.222. The molecule has 1 aliphatic heterocycles. The van der Waals surface area contributed by atoms with E-state index >= 15 is 0 Å². The molecule has 116 valence electrons. The first-order valence-corrected chi connectivity index (χ1v) is 8.58. The van der Waals surface area contributed by atoms with Gasteiger partial charge in [-0.15, -0.1) is 11.3 Å². The third kappa shape index (κ3) is 2.92. The summed E-state index contributed by atoms with van der Waals surface area (Å²) in [6, 6.07) is 12.3. The minimum Gasteiger partial charge on any atom is -0.334 e. The van der Waals surface area contributed by atoms with Crippen LogP contribution < -0.4 is 0 Å². The normalized spacial score (nSPS) is 13.8. The molecule has 4 rings (SSSR count). The van der Waals surface area contributed by atoms with Crippen LogP contribution in [0.15, 0.2) is 54.2 Å². The maximum Gasteiger partial charge on any atom is 0.257 e. The number of thiophene rings is 1. The predicted molar refractivity (Wildman–Crippen MR) is 90.5 cm³/mol. The van der Waals surface area contributed by atoms with Gasteiger partial charge in [-0.25, -0.2) is 0 Å². The van der Waals surface area contributed by atoms with E-state index in [0.29, 0.717) is 18.7 Å². The summed E-state index contributed by atoms with van der Waals surface area (Å²) in [5.41, 5.74) is 3.13. The summed E-state index contributed by atoms with van der Waals surface area (Å²) in [4.78, 5) is 16.0. The van der Waals surface area contributed by atoms with Crippen molar-refractivity contribution in [1.29, 1.82) is 0 Å². The van der Waals surface area contributed by atoms with E-state index in [1.165, 1.54) is 16.0 Å². The van der Waals surface area contributed by atoms with Crippen LogP contribution in [0.5, 0.6) is 0 Å². The van der Waals surface area contributed by atoms with E-state index in [-0.39, 0.29) is 5.91 Å². The minimum atomic E-state index is 0.0705. The molecule has 0 bridgehead atoms. The van der Waals surface area contributed by atoms with Crippen molar-refractivity contribution < 1.29 is 4.79 Å². The SMILES string of the molecule is O=C(c1cnn(Cc2ccccc2)c1)N1CCc2sccc2C1. The van der Waals surface area contributed by atoms with Gasteiger partial charge in [-0.2, -0.15) is 5.10 Å². The lowest BCUT2D eigenvalue weighted by Gasteiger charge is -2.26. The molecule has 0 saturated carbocycles. The smallest absolute Gasteiger partial charge is 0.257 e. The molecule has 0 unspecified atom stereocenters. The Hall–Kier alpha value is -2.40. The van der Waals surface area contributed by atoms with Crippen LogP contribution in [0.4, 0.5) is 0 Å². The first kappa shape index (κ1) is 14.2. The van der Waals surface area contributed by atoms with Gasteiger partial charge in [-0.3, -0.25) is 9.48 Å². The molecule has 1 aliphatic rings. The van der Waals surface area contributed by atoms with E-state index in [4.69, 9.17) is 0 Å². The van der Waals surface area contributed by atoms with Crippen molar-refractivity contribution in [2.45, 2.75) is 19.5 Å². The van der Waals surface area contributed by atoms with Crippen LogP contribution in [0.1, 0.15) is 26.4 Å². The molecule has 0 saturated heterocycles. The zero-order valence-electron chi connectivity index (χ0n) is 12.7. The quantitative estimate of drug-likeness (QED) is 0.742. The van der Waals surface area contributed by atoms with Gasteiger partial charge >= 0.3 is 0 Å². The summed E-state index contributed by atoms with van der Waals surface area (Å²) in [6.07, 6.45) is 4.48. The molecule has 3 aromatic rings. The van der Waals surface area contributed by atoms with Crippen LogP contribution >= 0.6 is 11.3 Å². The van der Waals surface area contributed by atoms with Crippen LogP contribution in [0.2, 0.25) is 0 Å². The number of aromatic nitrogens is 2. The molecule has 23 heavy (non-hydrogen) atoms. The first-order valence-electron chi connectivity index (χ1n) is 7.70. The summed E-state index contributed by atoms with van der Waals surface area (Å²) in [5, 5.41) is 6.44. The largest absolute Gasteiger partial charge is 0.334 e. The molecule has 0 N–H and O–H groups in total.